The first kappa shape index (κ1) is 15.3. The van der Waals surface area contributed by atoms with E-state index in [0.717, 1.165) is 17.7 Å². The average molecular weight is 241 g/mol. The molecule has 1 N–H and O–H groups in total. The van der Waals surface area contributed by atoms with Gasteiger partial charge in [0.05, 0.1) is 13.2 Å². The Hall–Kier alpha value is -1.70. The number of ether oxygens (including phenoxy) is 1. The van der Waals surface area contributed by atoms with Crippen LogP contribution in [0.1, 0.15) is 33.1 Å². The third-order valence-electron chi connectivity index (χ3n) is 2.27. The number of terminal acetylenes is 1. The largest absolute Gasteiger partial charge is 0.480 e. The standard InChI is InChI=1S/C12H19NO4/c1-4-7-9-17-12(16)13(8-5-2)10(6-3)11(14)15/h2,10H,4,6-9H2,1,3H3,(H,14,15). The van der Waals surface area contributed by atoms with Crippen LogP contribution in [-0.2, 0) is 9.53 Å². The molecule has 1 atom stereocenters. The van der Waals surface area contributed by atoms with Gasteiger partial charge < -0.3 is 9.84 Å². The number of aliphatic carboxylic acids is 1. The van der Waals surface area contributed by atoms with Crippen molar-refractivity contribution in [3.63, 3.8) is 0 Å². The zero-order valence-electron chi connectivity index (χ0n) is 10.3. The minimum atomic E-state index is -1.07. The van der Waals surface area contributed by atoms with Gasteiger partial charge in [0.25, 0.3) is 0 Å². The zero-order chi connectivity index (χ0) is 13.3. The molecule has 0 aromatic heterocycles. The van der Waals surface area contributed by atoms with Crippen LogP contribution in [0.15, 0.2) is 0 Å². The first-order valence-corrected chi connectivity index (χ1v) is 5.68. The van der Waals surface area contributed by atoms with Crippen LogP contribution in [0.25, 0.3) is 0 Å². The number of carboxylic acid groups (broad SMARTS) is 1. The normalized spacial score (nSPS) is 11.4. The Morgan fingerprint density at radius 1 is 1.47 bits per heavy atom. The molecule has 96 valence electrons. The highest BCUT2D eigenvalue weighted by molar-refractivity contribution is 5.80. The minimum Gasteiger partial charge on any atom is -0.480 e. The maximum absolute atomic E-state index is 11.7. The lowest BCUT2D eigenvalue weighted by atomic mass is 10.2. The van der Waals surface area contributed by atoms with Gasteiger partial charge in [0.15, 0.2) is 0 Å². The SMILES string of the molecule is C#CCN(C(=O)OCCCC)C(CC)C(=O)O. The highest BCUT2D eigenvalue weighted by Gasteiger charge is 2.28. The first-order chi connectivity index (χ1) is 8.08. The summed E-state index contributed by atoms with van der Waals surface area (Å²) in [6.45, 7) is 3.88. The minimum absolute atomic E-state index is 0.0598. The predicted molar refractivity (Wildman–Crippen MR) is 63.5 cm³/mol. The van der Waals surface area contributed by atoms with Gasteiger partial charge in [-0.25, -0.2) is 9.59 Å². The number of carbonyl (C=O) groups excluding carboxylic acids is 1. The molecule has 0 aliphatic rings. The molecule has 0 heterocycles. The number of amides is 1. The Kier molecular flexibility index (Phi) is 7.61. The Labute approximate surface area is 102 Å². The third-order valence-corrected chi connectivity index (χ3v) is 2.27. The van der Waals surface area contributed by atoms with Crippen LogP contribution in [-0.4, -0.2) is 41.3 Å². The fourth-order valence-electron chi connectivity index (χ4n) is 1.32. The lowest BCUT2D eigenvalue weighted by Crippen LogP contribution is -2.45. The molecule has 0 aromatic carbocycles. The van der Waals surface area contributed by atoms with E-state index in [2.05, 4.69) is 5.92 Å². The smallest absolute Gasteiger partial charge is 0.411 e. The fourth-order valence-corrected chi connectivity index (χ4v) is 1.32. The van der Waals surface area contributed by atoms with Gasteiger partial charge in [-0.05, 0) is 12.8 Å². The zero-order valence-corrected chi connectivity index (χ0v) is 10.3. The second-order valence-corrected chi connectivity index (χ2v) is 3.56. The van der Waals surface area contributed by atoms with Gasteiger partial charge in [-0.15, -0.1) is 6.42 Å². The highest BCUT2D eigenvalue weighted by atomic mass is 16.6. The van der Waals surface area contributed by atoms with Crippen molar-refractivity contribution in [2.24, 2.45) is 0 Å². The van der Waals surface area contributed by atoms with Gasteiger partial charge in [0.1, 0.15) is 6.04 Å². The molecule has 5 heteroatoms. The van der Waals surface area contributed by atoms with Crippen molar-refractivity contribution < 1.29 is 19.4 Å². The van der Waals surface area contributed by atoms with E-state index < -0.39 is 18.1 Å². The molecule has 17 heavy (non-hydrogen) atoms. The summed E-state index contributed by atoms with van der Waals surface area (Å²) in [7, 11) is 0. The molecule has 0 saturated carbocycles. The molecule has 1 unspecified atom stereocenters. The molecule has 0 radical (unpaired) electrons. The monoisotopic (exact) mass is 241 g/mol. The van der Waals surface area contributed by atoms with Crippen LogP contribution in [0, 0.1) is 12.3 Å². The van der Waals surface area contributed by atoms with Crippen molar-refractivity contribution in [3.05, 3.63) is 0 Å². The molecule has 0 fully saturated rings. The summed E-state index contributed by atoms with van der Waals surface area (Å²) in [6, 6.07) is -0.930. The number of hydrogen-bond donors (Lipinski definition) is 1. The lowest BCUT2D eigenvalue weighted by Gasteiger charge is -2.25. The van der Waals surface area contributed by atoms with E-state index in [1.54, 1.807) is 6.92 Å². The molecule has 1 amide bonds. The molecular formula is C12H19NO4. The molecule has 5 nitrogen and oxygen atoms in total. The molecule has 0 spiro atoms. The summed E-state index contributed by atoms with van der Waals surface area (Å²) in [5.41, 5.74) is 0. The van der Waals surface area contributed by atoms with E-state index >= 15 is 0 Å². The number of carbonyl (C=O) groups is 2. The van der Waals surface area contributed by atoms with E-state index in [-0.39, 0.29) is 13.2 Å². The topological polar surface area (TPSA) is 66.8 Å². The first-order valence-electron chi connectivity index (χ1n) is 5.68. The molecular weight excluding hydrogens is 222 g/mol. The lowest BCUT2D eigenvalue weighted by molar-refractivity contribution is -0.142. The summed E-state index contributed by atoms with van der Waals surface area (Å²) < 4.78 is 4.96. The van der Waals surface area contributed by atoms with Crippen molar-refractivity contribution in [2.75, 3.05) is 13.2 Å². The Balaban J connectivity index is 4.54. The highest BCUT2D eigenvalue weighted by Crippen LogP contribution is 2.07. The van der Waals surface area contributed by atoms with Crippen molar-refractivity contribution in [2.45, 2.75) is 39.2 Å². The quantitative estimate of drug-likeness (QED) is 0.544. The third kappa shape index (κ3) is 5.25. The summed E-state index contributed by atoms with van der Waals surface area (Å²) in [6.07, 6.45) is 6.40. The second-order valence-electron chi connectivity index (χ2n) is 3.56. The number of nitrogens with zero attached hydrogens (tertiary/aromatic N) is 1. The maximum atomic E-state index is 11.7. The van der Waals surface area contributed by atoms with Gasteiger partial charge in [0, 0.05) is 0 Å². The van der Waals surface area contributed by atoms with Crippen molar-refractivity contribution in [1.82, 2.24) is 4.90 Å². The molecule has 0 aliphatic carbocycles. The van der Waals surface area contributed by atoms with Crippen molar-refractivity contribution in [1.29, 1.82) is 0 Å². The van der Waals surface area contributed by atoms with E-state index in [1.165, 1.54) is 0 Å². The van der Waals surface area contributed by atoms with Gasteiger partial charge >= 0.3 is 12.1 Å². The van der Waals surface area contributed by atoms with E-state index in [4.69, 9.17) is 16.3 Å². The van der Waals surface area contributed by atoms with Crippen molar-refractivity contribution in [3.8, 4) is 12.3 Å². The molecule has 0 rings (SSSR count). The van der Waals surface area contributed by atoms with Gasteiger partial charge in [-0.1, -0.05) is 26.2 Å². The molecule has 0 aliphatic heterocycles. The molecule has 0 aromatic rings. The van der Waals surface area contributed by atoms with Crippen LogP contribution in [0.2, 0.25) is 0 Å². The Bertz CT molecular complexity index is 295. The van der Waals surface area contributed by atoms with Crippen LogP contribution >= 0.6 is 0 Å². The van der Waals surface area contributed by atoms with Crippen LogP contribution in [0.5, 0.6) is 0 Å². The van der Waals surface area contributed by atoms with E-state index in [1.807, 2.05) is 6.92 Å². The van der Waals surface area contributed by atoms with E-state index in [0.29, 0.717) is 6.42 Å². The Morgan fingerprint density at radius 3 is 2.53 bits per heavy atom. The fraction of sp³-hybridized carbons (Fsp3) is 0.667. The van der Waals surface area contributed by atoms with E-state index in [9.17, 15) is 9.59 Å². The van der Waals surface area contributed by atoms with Gasteiger partial charge in [0.2, 0.25) is 0 Å². The predicted octanol–water partition coefficient (Wildman–Crippen LogP) is 1.72. The summed E-state index contributed by atoms with van der Waals surface area (Å²) >= 11 is 0. The summed E-state index contributed by atoms with van der Waals surface area (Å²) in [4.78, 5) is 23.7. The van der Waals surface area contributed by atoms with Crippen LogP contribution in [0.3, 0.4) is 0 Å². The maximum Gasteiger partial charge on any atom is 0.411 e. The number of carboxylic acids is 1. The number of rotatable bonds is 7. The van der Waals surface area contributed by atoms with Gasteiger partial charge in [-0.2, -0.15) is 0 Å². The molecule has 0 bridgehead atoms. The van der Waals surface area contributed by atoms with Gasteiger partial charge in [-0.3, -0.25) is 4.90 Å². The molecule has 0 saturated heterocycles. The van der Waals surface area contributed by atoms with Crippen molar-refractivity contribution >= 4 is 12.1 Å². The number of hydrogen-bond acceptors (Lipinski definition) is 3. The summed E-state index contributed by atoms with van der Waals surface area (Å²) in [5, 5.41) is 8.97. The second kappa shape index (κ2) is 8.45. The average Bonchev–Trinajstić information content (AvgIpc) is 2.28. The Morgan fingerprint density at radius 2 is 2.12 bits per heavy atom. The van der Waals surface area contributed by atoms with Crippen LogP contribution < -0.4 is 0 Å². The number of unbranched alkanes of at least 4 members (excludes halogenated alkanes) is 1. The summed E-state index contributed by atoms with van der Waals surface area (Å²) in [5.74, 6) is 1.20. The van der Waals surface area contributed by atoms with Crippen LogP contribution in [0.4, 0.5) is 4.79 Å².